The largest absolute Gasteiger partial charge is 0.469 e. The van der Waals surface area contributed by atoms with E-state index in [1.54, 1.807) is 0 Å². The van der Waals surface area contributed by atoms with Crippen molar-refractivity contribution in [2.45, 2.75) is 83.5 Å². The summed E-state index contributed by atoms with van der Waals surface area (Å²) >= 11 is 0. The van der Waals surface area contributed by atoms with Crippen LogP contribution in [0.5, 0.6) is 0 Å². The molecule has 0 bridgehead atoms. The van der Waals surface area contributed by atoms with Gasteiger partial charge in [0, 0.05) is 12.8 Å². The lowest BCUT2D eigenvalue weighted by Gasteiger charge is -2.14. The van der Waals surface area contributed by atoms with Crippen molar-refractivity contribution in [3.05, 3.63) is 0 Å². The zero-order valence-electron chi connectivity index (χ0n) is 16.7. The zero-order chi connectivity index (χ0) is 19.6. The van der Waals surface area contributed by atoms with Gasteiger partial charge >= 0.3 is 17.9 Å². The monoisotopic (exact) mass is 372 g/mol. The normalized spacial score (nSPS) is 11.7. The Labute approximate surface area is 157 Å². The molecule has 0 saturated heterocycles. The Kier molecular flexibility index (Phi) is 15.8. The molecule has 0 aromatic carbocycles. The van der Waals surface area contributed by atoms with Crippen molar-refractivity contribution in [3.63, 3.8) is 0 Å². The molecule has 6 heteroatoms. The first-order valence-electron chi connectivity index (χ1n) is 9.76. The van der Waals surface area contributed by atoms with E-state index in [1.165, 1.54) is 34.2 Å². The van der Waals surface area contributed by atoms with Crippen molar-refractivity contribution in [2.24, 2.45) is 5.92 Å². The second-order valence-corrected chi connectivity index (χ2v) is 6.63. The summed E-state index contributed by atoms with van der Waals surface area (Å²) < 4.78 is 14.1. The molecule has 0 saturated carbocycles. The highest BCUT2D eigenvalue weighted by molar-refractivity contribution is 5.72. The minimum Gasteiger partial charge on any atom is -0.469 e. The minimum atomic E-state index is -0.236. The van der Waals surface area contributed by atoms with Crippen LogP contribution in [0.2, 0.25) is 0 Å². The van der Waals surface area contributed by atoms with Crippen molar-refractivity contribution in [1.82, 2.24) is 0 Å². The fourth-order valence-electron chi connectivity index (χ4n) is 2.96. The van der Waals surface area contributed by atoms with Gasteiger partial charge in [0.15, 0.2) is 0 Å². The van der Waals surface area contributed by atoms with Gasteiger partial charge in [0.05, 0.1) is 27.2 Å². The first-order valence-corrected chi connectivity index (χ1v) is 9.76. The Bertz CT molecular complexity index is 394. The molecule has 152 valence electrons. The molecule has 0 aliphatic rings. The van der Waals surface area contributed by atoms with Gasteiger partial charge in [-0.1, -0.05) is 44.9 Å². The Morgan fingerprint density at radius 3 is 1.50 bits per heavy atom. The van der Waals surface area contributed by atoms with Crippen LogP contribution in [0, 0.1) is 5.92 Å². The van der Waals surface area contributed by atoms with Crippen LogP contribution in [-0.4, -0.2) is 39.2 Å². The number of esters is 3. The summed E-state index contributed by atoms with van der Waals surface area (Å²) in [7, 11) is 4.21. The Balaban J connectivity index is 3.67. The smallest absolute Gasteiger partial charge is 0.308 e. The van der Waals surface area contributed by atoms with E-state index < -0.39 is 0 Å². The average molecular weight is 373 g/mol. The van der Waals surface area contributed by atoms with Crippen molar-refractivity contribution in [1.29, 1.82) is 0 Å². The van der Waals surface area contributed by atoms with Gasteiger partial charge in [0.1, 0.15) is 0 Å². The molecule has 1 atom stereocenters. The third kappa shape index (κ3) is 13.7. The van der Waals surface area contributed by atoms with Crippen molar-refractivity contribution in [3.8, 4) is 0 Å². The van der Waals surface area contributed by atoms with Gasteiger partial charge in [-0.05, 0) is 25.7 Å². The second kappa shape index (κ2) is 16.9. The number of carbonyl (C=O) groups excluding carboxylic acids is 3. The van der Waals surface area contributed by atoms with E-state index in [9.17, 15) is 14.4 Å². The van der Waals surface area contributed by atoms with E-state index in [1.807, 2.05) is 0 Å². The van der Waals surface area contributed by atoms with Crippen molar-refractivity contribution < 1.29 is 28.6 Å². The van der Waals surface area contributed by atoms with Gasteiger partial charge in [-0.2, -0.15) is 0 Å². The highest BCUT2D eigenvalue weighted by Gasteiger charge is 2.18. The number of carbonyl (C=O) groups is 3. The molecular weight excluding hydrogens is 336 g/mol. The predicted octanol–water partition coefficient (Wildman–Crippen LogP) is 4.19. The second-order valence-electron chi connectivity index (χ2n) is 6.63. The maximum Gasteiger partial charge on any atom is 0.308 e. The molecule has 0 aromatic rings. The molecule has 0 fully saturated rings. The maximum atomic E-state index is 11.8. The molecule has 0 amide bonds. The quantitative estimate of drug-likeness (QED) is 0.230. The summed E-state index contributed by atoms with van der Waals surface area (Å²) in [5, 5.41) is 0. The van der Waals surface area contributed by atoms with Gasteiger partial charge in [-0.3, -0.25) is 14.4 Å². The SMILES string of the molecule is COC(=O)CCCCCCCCCCC(CCCC(=O)OC)C(=O)OC. The molecule has 0 N–H and O–H groups in total. The van der Waals surface area contributed by atoms with Crippen LogP contribution in [0.1, 0.15) is 83.5 Å². The number of hydrogen-bond donors (Lipinski definition) is 0. The molecule has 0 radical (unpaired) electrons. The van der Waals surface area contributed by atoms with Crippen LogP contribution in [0.25, 0.3) is 0 Å². The summed E-state index contributed by atoms with van der Waals surface area (Å²) in [6.45, 7) is 0. The average Bonchev–Trinajstić information content (AvgIpc) is 2.66. The molecule has 1 unspecified atom stereocenters. The fraction of sp³-hybridized carbons (Fsp3) is 0.850. The van der Waals surface area contributed by atoms with E-state index in [0.29, 0.717) is 25.7 Å². The maximum absolute atomic E-state index is 11.8. The van der Waals surface area contributed by atoms with E-state index in [0.717, 1.165) is 44.9 Å². The van der Waals surface area contributed by atoms with Gasteiger partial charge < -0.3 is 14.2 Å². The van der Waals surface area contributed by atoms with Crippen LogP contribution < -0.4 is 0 Å². The minimum absolute atomic E-state index is 0.122. The lowest BCUT2D eigenvalue weighted by molar-refractivity contribution is -0.147. The summed E-state index contributed by atoms with van der Waals surface area (Å²) in [4.78, 5) is 33.9. The molecule has 0 aromatic heterocycles. The molecule has 0 spiro atoms. The lowest BCUT2D eigenvalue weighted by Crippen LogP contribution is -2.17. The molecule has 0 aliphatic carbocycles. The van der Waals surface area contributed by atoms with Crippen LogP contribution in [0.15, 0.2) is 0 Å². The van der Waals surface area contributed by atoms with Gasteiger partial charge in [-0.15, -0.1) is 0 Å². The Morgan fingerprint density at radius 2 is 1.00 bits per heavy atom. The van der Waals surface area contributed by atoms with Gasteiger partial charge in [-0.25, -0.2) is 0 Å². The first-order chi connectivity index (χ1) is 12.5. The number of methoxy groups -OCH3 is 3. The van der Waals surface area contributed by atoms with Gasteiger partial charge in [0.2, 0.25) is 0 Å². The summed E-state index contributed by atoms with van der Waals surface area (Å²) in [5.74, 6) is -0.666. The zero-order valence-corrected chi connectivity index (χ0v) is 16.7. The van der Waals surface area contributed by atoms with Crippen molar-refractivity contribution >= 4 is 17.9 Å². The molecule has 26 heavy (non-hydrogen) atoms. The highest BCUT2D eigenvalue weighted by Crippen LogP contribution is 2.19. The van der Waals surface area contributed by atoms with E-state index in [-0.39, 0.29) is 23.8 Å². The first kappa shape index (κ1) is 24.4. The molecule has 0 rings (SSSR count). The van der Waals surface area contributed by atoms with Crippen LogP contribution in [0.4, 0.5) is 0 Å². The number of hydrogen-bond acceptors (Lipinski definition) is 6. The Morgan fingerprint density at radius 1 is 0.577 bits per heavy atom. The predicted molar refractivity (Wildman–Crippen MR) is 99.6 cm³/mol. The van der Waals surface area contributed by atoms with E-state index in [4.69, 9.17) is 4.74 Å². The highest BCUT2D eigenvalue weighted by atomic mass is 16.5. The molecule has 6 nitrogen and oxygen atoms in total. The molecule has 0 aliphatic heterocycles. The summed E-state index contributed by atoms with van der Waals surface area (Å²) in [6, 6.07) is 0. The topological polar surface area (TPSA) is 78.9 Å². The van der Waals surface area contributed by atoms with Crippen LogP contribution >= 0.6 is 0 Å². The van der Waals surface area contributed by atoms with E-state index in [2.05, 4.69) is 9.47 Å². The third-order valence-corrected chi connectivity index (χ3v) is 4.61. The molecular formula is C20H36O6. The Hall–Kier alpha value is -1.59. The van der Waals surface area contributed by atoms with Crippen LogP contribution in [-0.2, 0) is 28.6 Å². The van der Waals surface area contributed by atoms with Crippen LogP contribution in [0.3, 0.4) is 0 Å². The number of rotatable bonds is 16. The molecule has 0 heterocycles. The fourth-order valence-corrected chi connectivity index (χ4v) is 2.96. The summed E-state index contributed by atoms with van der Waals surface area (Å²) in [6.07, 6.45) is 11.7. The number of unbranched alkanes of at least 4 members (excludes halogenated alkanes) is 7. The third-order valence-electron chi connectivity index (χ3n) is 4.61. The summed E-state index contributed by atoms with van der Waals surface area (Å²) in [5.41, 5.74) is 0. The lowest BCUT2D eigenvalue weighted by atomic mass is 9.95. The van der Waals surface area contributed by atoms with E-state index >= 15 is 0 Å². The van der Waals surface area contributed by atoms with Gasteiger partial charge in [0.25, 0.3) is 0 Å². The standard InChI is InChI=1S/C20H36O6/c1-24-18(21)15-11-9-7-5-4-6-8-10-13-17(20(23)26-3)14-12-16-19(22)25-2/h17H,4-16H2,1-3H3. The number of ether oxygens (including phenoxy) is 3. The van der Waals surface area contributed by atoms with Crippen molar-refractivity contribution in [2.75, 3.05) is 21.3 Å².